The van der Waals surface area contributed by atoms with Crippen molar-refractivity contribution >= 4 is 23.4 Å². The van der Waals surface area contributed by atoms with Crippen molar-refractivity contribution in [1.82, 2.24) is 14.5 Å². The molecule has 1 fully saturated rings. The van der Waals surface area contributed by atoms with Gasteiger partial charge in [-0.3, -0.25) is 9.69 Å². The van der Waals surface area contributed by atoms with Gasteiger partial charge in [-0.2, -0.15) is 11.8 Å². The molecule has 6 heteroatoms. The number of nitrogens with one attached hydrogen (secondary N) is 1. The van der Waals surface area contributed by atoms with Crippen molar-refractivity contribution in [3.05, 3.63) is 48.0 Å². The summed E-state index contributed by atoms with van der Waals surface area (Å²) in [5, 5.41) is 2.99. The number of nitrogens with zero attached hydrogens (tertiary/aromatic N) is 3. The van der Waals surface area contributed by atoms with E-state index in [1.807, 2.05) is 62.4 Å². The fourth-order valence-corrected chi connectivity index (χ4v) is 4.19. The minimum atomic E-state index is 0.0487. The monoisotopic (exact) mass is 344 g/mol. The highest BCUT2D eigenvalue weighted by Crippen LogP contribution is 2.21. The van der Waals surface area contributed by atoms with Crippen molar-refractivity contribution in [2.75, 3.05) is 30.4 Å². The molecule has 5 nitrogen and oxygen atoms in total. The van der Waals surface area contributed by atoms with Crippen molar-refractivity contribution in [1.29, 1.82) is 0 Å². The molecule has 1 aliphatic rings. The van der Waals surface area contributed by atoms with Gasteiger partial charge in [-0.1, -0.05) is 12.1 Å². The number of aryl methyl sites for hydroxylation is 1. The van der Waals surface area contributed by atoms with Crippen LogP contribution in [-0.2, 0) is 11.3 Å². The lowest BCUT2D eigenvalue weighted by Crippen LogP contribution is -2.37. The number of aromatic nitrogens is 2. The molecule has 0 bridgehead atoms. The zero-order chi connectivity index (χ0) is 16.9. The second-order valence-electron chi connectivity index (χ2n) is 6.28. The predicted octanol–water partition coefficient (Wildman–Crippen LogP) is 2.62. The molecule has 1 aromatic heterocycles. The summed E-state index contributed by atoms with van der Waals surface area (Å²) >= 11 is 1.97. The van der Waals surface area contributed by atoms with E-state index < -0.39 is 0 Å². The van der Waals surface area contributed by atoms with Crippen molar-refractivity contribution < 1.29 is 4.79 Å². The second kappa shape index (κ2) is 7.85. The van der Waals surface area contributed by atoms with E-state index in [0.29, 0.717) is 12.6 Å². The third-order valence-corrected chi connectivity index (χ3v) is 5.58. The Balaban J connectivity index is 1.52. The molecule has 2 heterocycles. The molecule has 3 rings (SSSR count). The van der Waals surface area contributed by atoms with Gasteiger partial charge < -0.3 is 9.88 Å². The number of carbonyl (C=O) groups excluding carboxylic acids is 1. The number of benzene rings is 1. The highest BCUT2D eigenvalue weighted by molar-refractivity contribution is 7.99. The third-order valence-electron chi connectivity index (χ3n) is 4.44. The summed E-state index contributed by atoms with van der Waals surface area (Å²) < 4.78 is 2.10. The number of anilines is 1. The quantitative estimate of drug-likeness (QED) is 0.875. The van der Waals surface area contributed by atoms with Gasteiger partial charge in [-0.15, -0.1) is 0 Å². The van der Waals surface area contributed by atoms with Crippen LogP contribution in [0.1, 0.15) is 17.8 Å². The number of thioether (sulfide) groups is 1. The van der Waals surface area contributed by atoms with Gasteiger partial charge in [0.05, 0.1) is 6.54 Å². The lowest BCUT2D eigenvalue weighted by atomic mass is 10.2. The standard InChI is InChI=1S/C18H24N4OS/c1-14-19-8-9-22(14)11-15-3-5-16(6-4-15)20-18(23)12-21(2)17-7-10-24-13-17/h3-6,8-9,17H,7,10-13H2,1-2H3,(H,20,23). The average Bonchev–Trinajstić information content (AvgIpc) is 3.22. The molecule has 24 heavy (non-hydrogen) atoms. The predicted molar refractivity (Wildman–Crippen MR) is 99.5 cm³/mol. The normalized spacial score (nSPS) is 17.4. The summed E-state index contributed by atoms with van der Waals surface area (Å²) in [7, 11) is 2.03. The Hall–Kier alpha value is -1.79. The molecule has 0 aliphatic carbocycles. The summed E-state index contributed by atoms with van der Waals surface area (Å²) in [6.45, 7) is 3.23. The van der Waals surface area contributed by atoms with Crippen LogP contribution in [-0.4, -0.2) is 51.5 Å². The van der Waals surface area contributed by atoms with Gasteiger partial charge in [-0.05, 0) is 43.8 Å². The number of amides is 1. The highest BCUT2D eigenvalue weighted by atomic mass is 32.2. The molecule has 1 aromatic carbocycles. The molecule has 1 aliphatic heterocycles. The Morgan fingerprint density at radius 3 is 2.83 bits per heavy atom. The van der Waals surface area contributed by atoms with E-state index >= 15 is 0 Å². The van der Waals surface area contributed by atoms with E-state index in [1.54, 1.807) is 0 Å². The summed E-state index contributed by atoms with van der Waals surface area (Å²) in [4.78, 5) is 18.6. The van der Waals surface area contributed by atoms with Gasteiger partial charge in [0.1, 0.15) is 5.82 Å². The molecular formula is C18H24N4OS. The second-order valence-corrected chi connectivity index (χ2v) is 7.43. The highest BCUT2D eigenvalue weighted by Gasteiger charge is 2.21. The molecule has 1 amide bonds. The third kappa shape index (κ3) is 4.39. The summed E-state index contributed by atoms with van der Waals surface area (Å²) in [5.74, 6) is 3.38. The van der Waals surface area contributed by atoms with Crippen LogP contribution in [0.4, 0.5) is 5.69 Å². The Labute approximate surface area is 147 Å². The van der Waals surface area contributed by atoms with Gasteiger partial charge in [0.2, 0.25) is 5.91 Å². The first-order chi connectivity index (χ1) is 11.6. The Bertz CT molecular complexity index is 677. The lowest BCUT2D eigenvalue weighted by molar-refractivity contribution is -0.117. The van der Waals surface area contributed by atoms with Crippen LogP contribution in [0.3, 0.4) is 0 Å². The van der Waals surface area contributed by atoms with Crippen LogP contribution in [0.25, 0.3) is 0 Å². The van der Waals surface area contributed by atoms with E-state index in [-0.39, 0.29) is 5.91 Å². The van der Waals surface area contributed by atoms with Crippen LogP contribution in [0.5, 0.6) is 0 Å². The molecule has 0 spiro atoms. The number of carbonyl (C=O) groups is 1. The smallest absolute Gasteiger partial charge is 0.238 e. The van der Waals surface area contributed by atoms with Crippen molar-refractivity contribution in [3.63, 3.8) is 0 Å². The van der Waals surface area contributed by atoms with E-state index in [9.17, 15) is 4.79 Å². The van der Waals surface area contributed by atoms with E-state index in [0.717, 1.165) is 23.8 Å². The molecule has 1 N–H and O–H groups in total. The number of hydrogen-bond donors (Lipinski definition) is 1. The van der Waals surface area contributed by atoms with Crippen LogP contribution in [0.2, 0.25) is 0 Å². The number of rotatable bonds is 6. The van der Waals surface area contributed by atoms with Crippen molar-refractivity contribution in [2.24, 2.45) is 0 Å². The van der Waals surface area contributed by atoms with Crippen LogP contribution < -0.4 is 5.32 Å². The van der Waals surface area contributed by atoms with E-state index in [1.165, 1.54) is 17.7 Å². The largest absolute Gasteiger partial charge is 0.331 e. The zero-order valence-corrected chi connectivity index (χ0v) is 15.1. The first kappa shape index (κ1) is 17.0. The summed E-state index contributed by atoms with van der Waals surface area (Å²) in [6.07, 6.45) is 4.96. The van der Waals surface area contributed by atoms with E-state index in [2.05, 4.69) is 19.8 Å². The summed E-state index contributed by atoms with van der Waals surface area (Å²) in [6, 6.07) is 8.55. The SMILES string of the molecule is Cc1nccn1Cc1ccc(NC(=O)CN(C)C2CCSC2)cc1. The Morgan fingerprint density at radius 2 is 2.21 bits per heavy atom. The molecule has 1 atom stereocenters. The van der Waals surface area contributed by atoms with Crippen LogP contribution in [0.15, 0.2) is 36.7 Å². The number of hydrogen-bond acceptors (Lipinski definition) is 4. The minimum Gasteiger partial charge on any atom is -0.331 e. The lowest BCUT2D eigenvalue weighted by Gasteiger charge is -2.22. The fourth-order valence-electron chi connectivity index (χ4n) is 2.89. The van der Waals surface area contributed by atoms with Gasteiger partial charge in [0.25, 0.3) is 0 Å². The van der Waals surface area contributed by atoms with Crippen molar-refractivity contribution in [3.8, 4) is 0 Å². The van der Waals surface area contributed by atoms with E-state index in [4.69, 9.17) is 0 Å². The van der Waals surface area contributed by atoms with Gasteiger partial charge >= 0.3 is 0 Å². The number of imidazole rings is 1. The molecule has 1 saturated heterocycles. The fraction of sp³-hybridized carbons (Fsp3) is 0.444. The van der Waals surface area contributed by atoms with Gasteiger partial charge in [-0.25, -0.2) is 4.98 Å². The first-order valence-electron chi connectivity index (χ1n) is 8.26. The molecule has 128 valence electrons. The van der Waals surface area contributed by atoms with Crippen LogP contribution in [0, 0.1) is 6.92 Å². The minimum absolute atomic E-state index is 0.0487. The molecule has 0 saturated carbocycles. The van der Waals surface area contributed by atoms with Crippen LogP contribution >= 0.6 is 11.8 Å². The Morgan fingerprint density at radius 1 is 1.42 bits per heavy atom. The zero-order valence-electron chi connectivity index (χ0n) is 14.2. The molecule has 1 unspecified atom stereocenters. The number of likely N-dealkylation sites (N-methyl/N-ethyl adjacent to an activating group) is 1. The molecular weight excluding hydrogens is 320 g/mol. The van der Waals surface area contributed by atoms with Gasteiger partial charge in [0, 0.05) is 36.4 Å². The average molecular weight is 344 g/mol. The summed E-state index contributed by atoms with van der Waals surface area (Å²) in [5.41, 5.74) is 2.04. The van der Waals surface area contributed by atoms with Gasteiger partial charge in [0.15, 0.2) is 0 Å². The maximum Gasteiger partial charge on any atom is 0.238 e. The van der Waals surface area contributed by atoms with Crippen molar-refractivity contribution in [2.45, 2.75) is 25.9 Å². The maximum atomic E-state index is 12.2. The molecule has 2 aromatic rings. The Kier molecular flexibility index (Phi) is 5.58. The first-order valence-corrected chi connectivity index (χ1v) is 9.42. The maximum absolute atomic E-state index is 12.2. The topological polar surface area (TPSA) is 50.2 Å². The molecule has 0 radical (unpaired) electrons.